The Labute approximate surface area is 192 Å². The molecule has 0 unspecified atom stereocenters. The Kier molecular flexibility index (Phi) is 6.33. The van der Waals surface area contributed by atoms with Crippen LogP contribution in [0.25, 0.3) is 21.8 Å². The summed E-state index contributed by atoms with van der Waals surface area (Å²) in [6.07, 6.45) is -1.12. The molecule has 0 aliphatic rings. The third-order valence-corrected chi connectivity index (χ3v) is 5.62. The summed E-state index contributed by atoms with van der Waals surface area (Å²) in [5.41, 5.74) is 6.96. The van der Waals surface area contributed by atoms with Gasteiger partial charge in [0.05, 0.1) is 27.3 Å². The Hall–Kier alpha value is -3.46. The minimum atomic E-state index is -4.52. The molecule has 2 aromatic carbocycles. The fourth-order valence-corrected chi connectivity index (χ4v) is 3.86. The molecule has 4 N–H and O–H groups in total. The summed E-state index contributed by atoms with van der Waals surface area (Å²) in [6.45, 7) is 1.06. The average Bonchev–Trinajstić information content (AvgIpc) is 3.19. The molecular weight excluding hydrogens is 455 g/mol. The molecule has 2 heterocycles. The van der Waals surface area contributed by atoms with E-state index in [1.54, 1.807) is 0 Å². The number of alkyl halides is 3. The zero-order valence-corrected chi connectivity index (χ0v) is 18.2. The maximum Gasteiger partial charge on any atom is 0.416 e. The van der Waals surface area contributed by atoms with Gasteiger partial charge in [0.25, 0.3) is 0 Å². The Morgan fingerprint density at radius 3 is 2.67 bits per heavy atom. The number of amides is 2. The van der Waals surface area contributed by atoms with Crippen LogP contribution in [0.3, 0.4) is 0 Å². The van der Waals surface area contributed by atoms with Crippen molar-refractivity contribution >= 4 is 50.9 Å². The largest absolute Gasteiger partial charge is 0.416 e. The Bertz CT molecular complexity index is 1320. The summed E-state index contributed by atoms with van der Waals surface area (Å²) in [5.74, 6) is 0.481. The van der Waals surface area contributed by atoms with E-state index in [1.165, 1.54) is 0 Å². The van der Waals surface area contributed by atoms with Gasteiger partial charge in [0, 0.05) is 30.1 Å². The lowest BCUT2D eigenvalue weighted by Crippen LogP contribution is -2.29. The highest BCUT2D eigenvalue weighted by Gasteiger charge is 2.31. The molecule has 0 aliphatic carbocycles. The van der Waals surface area contributed by atoms with E-state index in [-0.39, 0.29) is 10.7 Å². The van der Waals surface area contributed by atoms with Crippen molar-refractivity contribution in [3.63, 3.8) is 0 Å². The average molecular weight is 476 g/mol. The van der Waals surface area contributed by atoms with Crippen molar-refractivity contribution < 1.29 is 18.0 Å². The first-order valence-electron chi connectivity index (χ1n) is 10.3. The van der Waals surface area contributed by atoms with E-state index in [0.717, 1.165) is 46.4 Å². The molecule has 4 aromatic rings. The number of nitrogens with zero attached hydrogens (tertiary/aromatic N) is 2. The number of halogens is 4. The summed E-state index contributed by atoms with van der Waals surface area (Å²) in [6, 6.07) is 11.9. The number of aryl methyl sites for hydroxylation is 1. The number of para-hydroxylation sites is 1. The van der Waals surface area contributed by atoms with Crippen LogP contribution in [-0.2, 0) is 12.7 Å². The van der Waals surface area contributed by atoms with E-state index in [0.29, 0.717) is 25.3 Å². The normalized spacial score (nSPS) is 11.8. The number of carbonyl (C=O) groups is 1. The number of fused-ring (bicyclic) bond motifs is 3. The van der Waals surface area contributed by atoms with Gasteiger partial charge in [-0.05, 0) is 43.2 Å². The molecule has 2 amide bonds. The van der Waals surface area contributed by atoms with E-state index in [1.807, 2.05) is 36.5 Å². The fraction of sp³-hybridized carbons (Fsp3) is 0.217. The predicted molar refractivity (Wildman–Crippen MR) is 124 cm³/mol. The van der Waals surface area contributed by atoms with E-state index in [2.05, 4.69) is 20.2 Å². The number of rotatable bonds is 6. The van der Waals surface area contributed by atoms with Gasteiger partial charge in [-0.2, -0.15) is 13.2 Å². The third kappa shape index (κ3) is 4.98. The van der Waals surface area contributed by atoms with Crippen LogP contribution >= 0.6 is 11.6 Å². The number of urea groups is 1. The molecule has 0 saturated heterocycles. The van der Waals surface area contributed by atoms with Crippen molar-refractivity contribution in [2.24, 2.45) is 0 Å². The number of nitrogens with one attached hydrogen (secondary N) is 2. The second-order valence-electron chi connectivity index (χ2n) is 7.57. The van der Waals surface area contributed by atoms with Crippen LogP contribution in [0.1, 0.15) is 18.4 Å². The van der Waals surface area contributed by atoms with Crippen LogP contribution in [-0.4, -0.2) is 22.1 Å². The molecule has 0 saturated carbocycles. The van der Waals surface area contributed by atoms with E-state index in [4.69, 9.17) is 17.3 Å². The molecule has 0 atom stereocenters. The number of hydrogen-bond donors (Lipinski definition) is 3. The first-order chi connectivity index (χ1) is 15.7. The van der Waals surface area contributed by atoms with Gasteiger partial charge in [-0.25, -0.2) is 9.78 Å². The van der Waals surface area contributed by atoms with Crippen LogP contribution in [0.2, 0.25) is 5.02 Å². The number of anilines is 2. The molecule has 0 radical (unpaired) electrons. The molecule has 4 rings (SSSR count). The third-order valence-electron chi connectivity index (χ3n) is 5.29. The maximum absolute atomic E-state index is 12.9. The molecule has 10 heteroatoms. The zero-order valence-electron chi connectivity index (χ0n) is 17.4. The van der Waals surface area contributed by atoms with Gasteiger partial charge in [0.15, 0.2) is 0 Å². The highest BCUT2D eigenvalue weighted by molar-refractivity contribution is 6.33. The second-order valence-corrected chi connectivity index (χ2v) is 7.97. The Morgan fingerprint density at radius 2 is 1.88 bits per heavy atom. The minimum Gasteiger partial charge on any atom is -0.383 e. The van der Waals surface area contributed by atoms with Crippen molar-refractivity contribution in [1.82, 2.24) is 14.9 Å². The van der Waals surface area contributed by atoms with E-state index < -0.39 is 17.8 Å². The Morgan fingerprint density at radius 1 is 1.09 bits per heavy atom. The first-order valence-corrected chi connectivity index (χ1v) is 10.7. The molecule has 0 bridgehead atoms. The lowest BCUT2D eigenvalue weighted by Gasteiger charge is -2.12. The molecule has 6 nitrogen and oxygen atoms in total. The van der Waals surface area contributed by atoms with E-state index in [9.17, 15) is 18.0 Å². The number of carbonyl (C=O) groups excluding carboxylic acids is 1. The summed E-state index contributed by atoms with van der Waals surface area (Å²) >= 11 is 5.91. The van der Waals surface area contributed by atoms with Gasteiger partial charge >= 0.3 is 12.2 Å². The second kappa shape index (κ2) is 9.19. The minimum absolute atomic E-state index is 0.0265. The quantitative estimate of drug-likeness (QED) is 0.297. The zero-order chi connectivity index (χ0) is 23.6. The number of nitrogen functional groups attached to an aromatic ring is 1. The topological polar surface area (TPSA) is 85.0 Å². The molecule has 0 spiro atoms. The van der Waals surface area contributed by atoms with Gasteiger partial charge in [-0.15, -0.1) is 0 Å². The van der Waals surface area contributed by atoms with Gasteiger partial charge in [0.1, 0.15) is 5.82 Å². The lowest BCUT2D eigenvalue weighted by molar-refractivity contribution is -0.137. The number of hydrogen-bond acceptors (Lipinski definition) is 3. The SMILES string of the molecule is Nc1nc2ccccc2c2c1ccn2CCCCNC(=O)Nc1cc(C(F)(F)F)ccc1Cl. The standard InChI is InChI=1S/C23H21ClF3N5O/c24-17-8-7-14(23(25,26)27)13-19(17)31-22(33)29-10-3-4-11-32-12-9-16-20(32)15-5-1-2-6-18(15)30-21(16)28/h1-2,5-9,12-13H,3-4,10-11H2,(H2,28,30)(H2,29,31,33). The Balaban J connectivity index is 1.33. The number of benzene rings is 2. The summed E-state index contributed by atoms with van der Waals surface area (Å²) in [4.78, 5) is 16.5. The lowest BCUT2D eigenvalue weighted by atomic mass is 10.1. The summed E-state index contributed by atoms with van der Waals surface area (Å²) < 4.78 is 40.7. The molecule has 33 heavy (non-hydrogen) atoms. The molecule has 172 valence electrons. The molecule has 0 aliphatic heterocycles. The maximum atomic E-state index is 12.9. The summed E-state index contributed by atoms with van der Waals surface area (Å²) in [7, 11) is 0. The van der Waals surface area contributed by atoms with Gasteiger partial charge in [-0.1, -0.05) is 29.8 Å². The van der Waals surface area contributed by atoms with Crippen LogP contribution in [0.15, 0.2) is 54.7 Å². The summed E-state index contributed by atoms with van der Waals surface area (Å²) in [5, 5.41) is 6.95. The molecule has 2 aromatic heterocycles. The number of aromatic nitrogens is 2. The van der Waals surface area contributed by atoms with Gasteiger partial charge < -0.3 is 20.9 Å². The monoisotopic (exact) mass is 475 g/mol. The molecular formula is C23H21ClF3N5O. The smallest absolute Gasteiger partial charge is 0.383 e. The van der Waals surface area contributed by atoms with Crippen LogP contribution in [0.4, 0.5) is 29.5 Å². The van der Waals surface area contributed by atoms with Crippen molar-refractivity contribution in [2.45, 2.75) is 25.6 Å². The molecule has 0 fully saturated rings. The highest BCUT2D eigenvalue weighted by atomic mass is 35.5. The predicted octanol–water partition coefficient (Wildman–Crippen LogP) is 6.05. The van der Waals surface area contributed by atoms with Crippen molar-refractivity contribution in [3.05, 3.63) is 65.3 Å². The fourth-order valence-electron chi connectivity index (χ4n) is 3.70. The van der Waals surface area contributed by atoms with E-state index >= 15 is 0 Å². The van der Waals surface area contributed by atoms with Gasteiger partial charge in [0.2, 0.25) is 0 Å². The van der Waals surface area contributed by atoms with Gasteiger partial charge in [-0.3, -0.25) is 0 Å². The number of unbranched alkanes of at least 4 members (excludes halogenated alkanes) is 1. The van der Waals surface area contributed by atoms with Crippen molar-refractivity contribution in [1.29, 1.82) is 0 Å². The van der Waals surface area contributed by atoms with Crippen LogP contribution in [0, 0.1) is 0 Å². The first kappa shape index (κ1) is 22.7. The highest BCUT2D eigenvalue weighted by Crippen LogP contribution is 2.34. The van der Waals surface area contributed by atoms with Crippen molar-refractivity contribution in [3.8, 4) is 0 Å². The van der Waals surface area contributed by atoms with Crippen LogP contribution in [0.5, 0.6) is 0 Å². The number of pyridine rings is 1. The van der Waals surface area contributed by atoms with Crippen LogP contribution < -0.4 is 16.4 Å². The van der Waals surface area contributed by atoms with Crippen molar-refractivity contribution in [2.75, 3.05) is 17.6 Å². The number of nitrogens with two attached hydrogens (primary N) is 1.